The number of ether oxygens (including phenoxy) is 7. The van der Waals surface area contributed by atoms with E-state index in [1.54, 1.807) is 41.7 Å². The molecule has 0 saturated carbocycles. The quantitative estimate of drug-likeness (QED) is 0.0427. The summed E-state index contributed by atoms with van der Waals surface area (Å²) in [6, 6.07) is 0. The average molecular weight is 664 g/mol. The number of esters is 2. The van der Waals surface area contributed by atoms with Crippen LogP contribution in [0.3, 0.4) is 0 Å². The summed E-state index contributed by atoms with van der Waals surface area (Å²) in [5, 5.41) is 18.6. The molecule has 2 unspecified atom stereocenters. The van der Waals surface area contributed by atoms with Gasteiger partial charge in [-0.25, -0.2) is 4.79 Å². The van der Waals surface area contributed by atoms with Crippen LogP contribution in [0, 0.1) is 10.8 Å². The van der Waals surface area contributed by atoms with E-state index >= 15 is 0 Å². The van der Waals surface area contributed by atoms with E-state index in [9.17, 15) is 14.7 Å². The van der Waals surface area contributed by atoms with Crippen molar-refractivity contribution in [3.63, 3.8) is 0 Å². The van der Waals surface area contributed by atoms with Gasteiger partial charge in [0.15, 0.2) is 11.7 Å². The highest BCUT2D eigenvalue weighted by Gasteiger charge is 2.41. The summed E-state index contributed by atoms with van der Waals surface area (Å²) in [6.45, 7) is 18.3. The largest absolute Gasteiger partial charge is 0.478 e. The van der Waals surface area contributed by atoms with E-state index in [0.717, 1.165) is 6.42 Å². The molecular formula is C32H63N4O10+. The third kappa shape index (κ3) is 18.0. The third-order valence-corrected chi connectivity index (χ3v) is 7.30. The summed E-state index contributed by atoms with van der Waals surface area (Å²) < 4.78 is 39.4. The summed E-state index contributed by atoms with van der Waals surface area (Å²) in [4.78, 5) is 29.1. The molecule has 0 amide bonds. The molecule has 0 aliphatic rings. The predicted molar refractivity (Wildman–Crippen MR) is 174 cm³/mol. The van der Waals surface area contributed by atoms with Crippen LogP contribution in [-0.2, 0) is 42.7 Å². The molecule has 0 aromatic rings. The second-order valence-corrected chi connectivity index (χ2v) is 13.8. The Hall–Kier alpha value is -2.52. The molecule has 0 saturated heterocycles. The number of aliphatic hydroxyl groups excluding tert-OH is 1. The Kier molecular flexibility index (Phi) is 18.9. The van der Waals surface area contributed by atoms with Gasteiger partial charge in [-0.05, 0) is 94.9 Å². The van der Waals surface area contributed by atoms with E-state index in [-0.39, 0.29) is 30.9 Å². The minimum Gasteiger partial charge on any atom is -0.478 e. The standard InChI is InChI=1S/C32H62N4O10/c1-22(2)46-23(3)24(37)25(33)42-20-32(10,27(39)41-17-13-12-16-36-28(34)35)21-43-26(38)31(8,9)45-19-15-30(6,7)44-18-14-29(4,5)40-11/h22-24,33,37H,12-21H2,1-11H3,(H4,34,35,36)/p+1/t23-,24?,32?/m0/s1. The van der Waals surface area contributed by atoms with Crippen LogP contribution in [0.4, 0.5) is 0 Å². The Labute approximate surface area is 275 Å². The van der Waals surface area contributed by atoms with Gasteiger partial charge in [0.1, 0.15) is 18.6 Å². The van der Waals surface area contributed by atoms with Gasteiger partial charge in [0.05, 0.1) is 49.8 Å². The summed E-state index contributed by atoms with van der Waals surface area (Å²) in [6.07, 6.45) is 0.133. The number of rotatable bonds is 24. The van der Waals surface area contributed by atoms with Gasteiger partial charge in [0.25, 0.3) is 0 Å². The van der Waals surface area contributed by atoms with Crippen LogP contribution in [0.15, 0.2) is 0 Å². The second-order valence-electron chi connectivity index (χ2n) is 13.8. The van der Waals surface area contributed by atoms with E-state index in [0.29, 0.717) is 32.4 Å². The number of hydrogen-bond donors (Lipinski definition) is 5. The molecule has 0 spiro atoms. The van der Waals surface area contributed by atoms with Gasteiger partial charge in [-0.2, -0.15) is 0 Å². The first-order chi connectivity index (χ1) is 21.1. The number of nitrogens with two attached hydrogens (primary N) is 2. The Balaban J connectivity index is 5.32. The van der Waals surface area contributed by atoms with Crippen LogP contribution in [0.5, 0.6) is 0 Å². The average Bonchev–Trinajstić information content (AvgIpc) is 2.94. The Morgan fingerprint density at radius 1 is 0.804 bits per heavy atom. The molecule has 0 fully saturated rings. The van der Waals surface area contributed by atoms with Gasteiger partial charge >= 0.3 is 17.9 Å². The highest BCUT2D eigenvalue weighted by atomic mass is 16.6. The van der Waals surface area contributed by atoms with Gasteiger partial charge in [0, 0.05) is 7.11 Å². The molecule has 0 rings (SSSR count). The molecule has 3 atom stereocenters. The topological polar surface area (TPSA) is 209 Å². The molecule has 0 aliphatic heterocycles. The first-order valence-electron chi connectivity index (χ1n) is 15.9. The number of aliphatic hydroxyl groups is 1. The van der Waals surface area contributed by atoms with Crippen molar-refractivity contribution in [2.24, 2.45) is 16.9 Å². The fraction of sp³-hybridized carbons (Fsp3) is 0.875. The highest BCUT2D eigenvalue weighted by molar-refractivity contribution is 5.81. The SMILES string of the molecule is COC(C)(C)CCOC(C)(C)CCOC(C)(C)C(=O)OCC(C)(COC(=N)C(O)[C@H](C)OC(C)C)C(=O)OCCCC[NH+]=C(N)N. The lowest BCUT2D eigenvalue weighted by atomic mass is 9.93. The predicted octanol–water partition coefficient (Wildman–Crippen LogP) is 1.18. The summed E-state index contributed by atoms with van der Waals surface area (Å²) >= 11 is 0. The molecule has 14 nitrogen and oxygen atoms in total. The molecule has 0 bridgehead atoms. The van der Waals surface area contributed by atoms with Crippen molar-refractivity contribution in [2.75, 3.05) is 46.7 Å². The zero-order valence-electron chi connectivity index (χ0n) is 30.1. The van der Waals surface area contributed by atoms with Crippen LogP contribution in [0.2, 0.25) is 0 Å². The highest BCUT2D eigenvalue weighted by Crippen LogP contribution is 2.25. The number of carbonyl (C=O) groups is 2. The smallest absolute Gasteiger partial charge is 0.338 e. The Bertz CT molecular complexity index is 967. The monoisotopic (exact) mass is 663 g/mol. The molecule has 46 heavy (non-hydrogen) atoms. The van der Waals surface area contributed by atoms with E-state index in [2.05, 4.69) is 4.99 Å². The molecule has 0 aromatic heterocycles. The maximum Gasteiger partial charge on any atom is 0.338 e. The lowest BCUT2D eigenvalue weighted by Gasteiger charge is -2.32. The van der Waals surface area contributed by atoms with Gasteiger partial charge < -0.3 is 38.3 Å². The number of nitrogens with one attached hydrogen (secondary N) is 2. The Morgan fingerprint density at radius 2 is 1.37 bits per heavy atom. The van der Waals surface area contributed by atoms with Crippen LogP contribution in [0.1, 0.15) is 94.9 Å². The fourth-order valence-electron chi connectivity index (χ4n) is 3.75. The minimum absolute atomic E-state index is 0.0866. The zero-order valence-corrected chi connectivity index (χ0v) is 30.1. The lowest BCUT2D eigenvalue weighted by molar-refractivity contribution is -0.459. The van der Waals surface area contributed by atoms with Crippen molar-refractivity contribution in [2.45, 2.75) is 130 Å². The molecule has 0 heterocycles. The fourth-order valence-corrected chi connectivity index (χ4v) is 3.75. The van der Waals surface area contributed by atoms with Crippen LogP contribution >= 0.6 is 0 Å². The number of hydrogen-bond acceptors (Lipinski definition) is 11. The minimum atomic E-state index is -1.50. The summed E-state index contributed by atoms with van der Waals surface area (Å²) in [5.74, 6) is -1.77. The lowest BCUT2D eigenvalue weighted by Crippen LogP contribution is -2.78. The maximum atomic E-state index is 13.2. The second kappa shape index (κ2) is 20.0. The van der Waals surface area contributed by atoms with Crippen molar-refractivity contribution in [3.8, 4) is 0 Å². The maximum absolute atomic E-state index is 13.2. The Morgan fingerprint density at radius 3 is 1.93 bits per heavy atom. The molecule has 0 aliphatic carbocycles. The van der Waals surface area contributed by atoms with Gasteiger partial charge in [0.2, 0.25) is 5.90 Å². The molecule has 14 heteroatoms. The van der Waals surface area contributed by atoms with Gasteiger partial charge in [-0.15, -0.1) is 0 Å². The first kappa shape index (κ1) is 43.5. The third-order valence-electron chi connectivity index (χ3n) is 7.30. The summed E-state index contributed by atoms with van der Waals surface area (Å²) in [5.41, 5.74) is 7.15. The van der Waals surface area contributed by atoms with E-state index in [1.165, 1.54) is 6.92 Å². The van der Waals surface area contributed by atoms with Gasteiger partial charge in [-0.1, -0.05) is 0 Å². The number of unbranched alkanes of at least 4 members (excludes halogenated alkanes) is 1. The van der Waals surface area contributed by atoms with Crippen molar-refractivity contribution in [1.29, 1.82) is 5.41 Å². The summed E-state index contributed by atoms with van der Waals surface area (Å²) in [7, 11) is 1.67. The van der Waals surface area contributed by atoms with E-state index in [4.69, 9.17) is 50.0 Å². The van der Waals surface area contributed by atoms with Crippen molar-refractivity contribution in [3.05, 3.63) is 0 Å². The van der Waals surface area contributed by atoms with Crippen molar-refractivity contribution >= 4 is 23.8 Å². The van der Waals surface area contributed by atoms with Crippen LogP contribution in [-0.4, -0.2) is 111 Å². The van der Waals surface area contributed by atoms with Crippen molar-refractivity contribution in [1.82, 2.24) is 0 Å². The van der Waals surface area contributed by atoms with Crippen LogP contribution in [0.25, 0.3) is 0 Å². The normalized spacial score (nSPS) is 15.1. The molecule has 270 valence electrons. The molecular weight excluding hydrogens is 600 g/mol. The number of carbonyl (C=O) groups excluding carboxylic acids is 2. The van der Waals surface area contributed by atoms with Gasteiger partial charge in [-0.3, -0.25) is 26.7 Å². The number of guanidine groups is 1. The van der Waals surface area contributed by atoms with E-state index in [1.807, 2.05) is 27.7 Å². The molecule has 0 radical (unpaired) electrons. The van der Waals surface area contributed by atoms with Crippen molar-refractivity contribution < 1.29 is 52.8 Å². The van der Waals surface area contributed by atoms with Crippen LogP contribution < -0.4 is 16.5 Å². The molecule has 7 N–H and O–H groups in total. The zero-order chi connectivity index (χ0) is 35.8. The molecule has 0 aromatic carbocycles. The van der Waals surface area contributed by atoms with E-state index < -0.39 is 59.9 Å². The number of methoxy groups -OCH3 is 1. The first-order valence-corrected chi connectivity index (χ1v) is 15.9.